The van der Waals surface area contributed by atoms with Crippen LogP contribution in [0, 0.1) is 0 Å². The molecule has 1 atom stereocenters. The molecule has 1 aromatic heterocycles. The molecule has 2 aliphatic rings. The fourth-order valence-electron chi connectivity index (χ4n) is 3.54. The number of hydrogen-bond donors (Lipinski definition) is 1. The number of pyridine rings is 1. The van der Waals surface area contributed by atoms with E-state index in [-0.39, 0.29) is 11.9 Å². The molecule has 1 N–H and O–H groups in total. The van der Waals surface area contributed by atoms with Crippen LogP contribution >= 0.6 is 0 Å². The summed E-state index contributed by atoms with van der Waals surface area (Å²) in [5.74, 6) is 2.02. The summed E-state index contributed by atoms with van der Waals surface area (Å²) in [6.45, 7) is 1.72. The molecule has 0 radical (unpaired) electrons. The number of carbonyl (C=O) groups is 1. The summed E-state index contributed by atoms with van der Waals surface area (Å²) in [4.78, 5) is 19.4. The zero-order valence-electron chi connectivity index (χ0n) is 14.2. The van der Waals surface area contributed by atoms with E-state index in [9.17, 15) is 4.79 Å². The topological polar surface area (TPSA) is 63.7 Å². The van der Waals surface area contributed by atoms with Crippen LogP contribution in [0.2, 0.25) is 0 Å². The molecule has 2 aliphatic heterocycles. The van der Waals surface area contributed by atoms with E-state index in [1.54, 1.807) is 6.20 Å². The van der Waals surface area contributed by atoms with Crippen molar-refractivity contribution in [2.24, 2.45) is 0 Å². The molecule has 1 amide bonds. The molecule has 0 unspecified atom stereocenters. The van der Waals surface area contributed by atoms with Gasteiger partial charge in [0.2, 0.25) is 0 Å². The molecule has 0 spiro atoms. The van der Waals surface area contributed by atoms with Crippen LogP contribution in [-0.2, 0) is 0 Å². The number of anilines is 1. The molecule has 0 saturated carbocycles. The first-order valence-corrected chi connectivity index (χ1v) is 8.61. The first kappa shape index (κ1) is 15.7. The first-order chi connectivity index (χ1) is 12.3. The molecule has 130 valence electrons. The van der Waals surface area contributed by atoms with Crippen molar-refractivity contribution in [3.05, 3.63) is 47.7 Å². The zero-order chi connectivity index (χ0) is 17.2. The maximum absolute atomic E-state index is 13.2. The molecule has 2 aromatic rings. The lowest BCUT2D eigenvalue weighted by Gasteiger charge is -2.27. The number of benzene rings is 1. The van der Waals surface area contributed by atoms with Crippen molar-refractivity contribution in [2.75, 3.05) is 32.1 Å². The van der Waals surface area contributed by atoms with Gasteiger partial charge in [0, 0.05) is 19.8 Å². The molecule has 4 rings (SSSR count). The second kappa shape index (κ2) is 6.63. The van der Waals surface area contributed by atoms with E-state index in [1.165, 1.54) is 0 Å². The average Bonchev–Trinajstić information content (AvgIpc) is 3.17. The number of nitrogens with one attached hydrogen (secondary N) is 1. The van der Waals surface area contributed by atoms with Gasteiger partial charge in [-0.05, 0) is 42.7 Å². The second-order valence-corrected chi connectivity index (χ2v) is 6.21. The molecule has 1 saturated heterocycles. The molecule has 25 heavy (non-hydrogen) atoms. The Morgan fingerprint density at radius 3 is 3.04 bits per heavy atom. The van der Waals surface area contributed by atoms with E-state index in [1.807, 2.05) is 42.3 Å². The van der Waals surface area contributed by atoms with E-state index in [4.69, 9.17) is 9.47 Å². The van der Waals surface area contributed by atoms with Gasteiger partial charge in [0.05, 0.1) is 11.6 Å². The van der Waals surface area contributed by atoms with Crippen molar-refractivity contribution in [1.29, 1.82) is 0 Å². The van der Waals surface area contributed by atoms with E-state index in [0.29, 0.717) is 30.3 Å². The number of likely N-dealkylation sites (tertiary alicyclic amines) is 1. The maximum Gasteiger partial charge on any atom is 0.258 e. The largest absolute Gasteiger partial charge is 0.486 e. The third-order valence-corrected chi connectivity index (χ3v) is 4.74. The predicted molar refractivity (Wildman–Crippen MR) is 94.2 cm³/mol. The molecule has 6 nitrogen and oxygen atoms in total. The summed E-state index contributed by atoms with van der Waals surface area (Å²) < 4.78 is 11.3. The Morgan fingerprint density at radius 1 is 1.28 bits per heavy atom. The third-order valence-electron chi connectivity index (χ3n) is 4.74. The van der Waals surface area contributed by atoms with Gasteiger partial charge < -0.3 is 19.7 Å². The number of para-hydroxylation sites is 1. The normalized spacial score (nSPS) is 18.9. The number of carbonyl (C=O) groups excluding carboxylic acids is 1. The highest BCUT2D eigenvalue weighted by Gasteiger charge is 2.33. The van der Waals surface area contributed by atoms with Crippen LogP contribution in [0.25, 0.3) is 0 Å². The third kappa shape index (κ3) is 2.88. The summed E-state index contributed by atoms with van der Waals surface area (Å²) >= 11 is 0. The Bertz CT molecular complexity index is 793. The fraction of sp³-hybridized carbons (Fsp3) is 0.368. The molecule has 6 heteroatoms. The Labute approximate surface area is 146 Å². The van der Waals surface area contributed by atoms with E-state index >= 15 is 0 Å². The van der Waals surface area contributed by atoms with Crippen molar-refractivity contribution < 1.29 is 14.3 Å². The van der Waals surface area contributed by atoms with Gasteiger partial charge in [0.15, 0.2) is 11.5 Å². The minimum Gasteiger partial charge on any atom is -0.486 e. The Kier molecular flexibility index (Phi) is 4.17. The summed E-state index contributed by atoms with van der Waals surface area (Å²) in [5.41, 5.74) is 1.68. The number of ether oxygens (including phenoxy) is 2. The minimum atomic E-state index is -0.00679. The van der Waals surface area contributed by atoms with Crippen molar-refractivity contribution in [2.45, 2.75) is 18.9 Å². The first-order valence-electron chi connectivity index (χ1n) is 8.61. The van der Waals surface area contributed by atoms with Gasteiger partial charge in [-0.25, -0.2) is 4.98 Å². The molecular weight excluding hydrogens is 318 g/mol. The predicted octanol–water partition coefficient (Wildman–Crippen LogP) is 2.87. The van der Waals surface area contributed by atoms with Gasteiger partial charge in [-0.1, -0.05) is 6.07 Å². The minimum absolute atomic E-state index is 0.00679. The number of hydrogen-bond acceptors (Lipinski definition) is 5. The van der Waals surface area contributed by atoms with Crippen LogP contribution < -0.4 is 14.8 Å². The second-order valence-electron chi connectivity index (χ2n) is 6.21. The molecule has 1 aromatic carbocycles. The lowest BCUT2D eigenvalue weighted by Crippen LogP contribution is -2.31. The number of rotatable bonds is 3. The van der Waals surface area contributed by atoms with Crippen molar-refractivity contribution in [3.63, 3.8) is 0 Å². The van der Waals surface area contributed by atoms with Crippen LogP contribution in [-0.4, -0.2) is 42.6 Å². The van der Waals surface area contributed by atoms with Crippen LogP contribution in [0.1, 0.15) is 34.8 Å². The van der Waals surface area contributed by atoms with Gasteiger partial charge in [0.25, 0.3) is 5.91 Å². The van der Waals surface area contributed by atoms with Crippen LogP contribution in [0.15, 0.2) is 36.5 Å². The van der Waals surface area contributed by atoms with Crippen LogP contribution in [0.4, 0.5) is 5.82 Å². The van der Waals surface area contributed by atoms with Gasteiger partial charge in [-0.2, -0.15) is 0 Å². The van der Waals surface area contributed by atoms with Gasteiger partial charge in [-0.3, -0.25) is 4.79 Å². The van der Waals surface area contributed by atoms with Crippen LogP contribution in [0.3, 0.4) is 0 Å². The SMILES string of the molecule is CNc1cc([C@@H]2CCCN2C(=O)c2cccc3c2OCCO3)ccn1. The fourth-order valence-corrected chi connectivity index (χ4v) is 3.54. The average molecular weight is 339 g/mol. The Hall–Kier alpha value is -2.76. The number of fused-ring (bicyclic) bond motifs is 1. The molecule has 0 aliphatic carbocycles. The summed E-state index contributed by atoms with van der Waals surface area (Å²) in [5, 5.41) is 3.06. The summed E-state index contributed by atoms with van der Waals surface area (Å²) in [7, 11) is 1.84. The lowest BCUT2D eigenvalue weighted by molar-refractivity contribution is 0.0725. The monoisotopic (exact) mass is 339 g/mol. The standard InChI is InChI=1S/C19H21N3O3/c1-20-17-12-13(7-8-21-17)15-5-3-9-22(15)19(23)14-4-2-6-16-18(14)25-11-10-24-16/h2,4,6-8,12,15H,3,5,9-11H2,1H3,(H,20,21)/t15-/m0/s1. The quantitative estimate of drug-likeness (QED) is 0.931. The molecule has 1 fully saturated rings. The van der Waals surface area contributed by atoms with Gasteiger partial charge in [-0.15, -0.1) is 0 Å². The van der Waals surface area contributed by atoms with Gasteiger partial charge >= 0.3 is 0 Å². The maximum atomic E-state index is 13.2. The molecular formula is C19H21N3O3. The smallest absolute Gasteiger partial charge is 0.258 e. The number of amides is 1. The molecule has 0 bridgehead atoms. The Morgan fingerprint density at radius 2 is 2.16 bits per heavy atom. The number of aromatic nitrogens is 1. The summed E-state index contributed by atoms with van der Waals surface area (Å²) in [6.07, 6.45) is 3.72. The Balaban J connectivity index is 1.65. The van der Waals surface area contributed by atoms with Crippen LogP contribution in [0.5, 0.6) is 11.5 Å². The highest BCUT2D eigenvalue weighted by atomic mass is 16.6. The van der Waals surface area contributed by atoms with E-state index in [0.717, 1.165) is 30.8 Å². The van der Waals surface area contributed by atoms with Crippen molar-refractivity contribution in [1.82, 2.24) is 9.88 Å². The zero-order valence-corrected chi connectivity index (χ0v) is 14.2. The van der Waals surface area contributed by atoms with Crippen molar-refractivity contribution >= 4 is 11.7 Å². The highest BCUT2D eigenvalue weighted by molar-refractivity contribution is 5.98. The number of nitrogens with zero attached hydrogens (tertiary/aromatic N) is 2. The van der Waals surface area contributed by atoms with Gasteiger partial charge in [0.1, 0.15) is 19.0 Å². The van der Waals surface area contributed by atoms with E-state index < -0.39 is 0 Å². The van der Waals surface area contributed by atoms with E-state index in [2.05, 4.69) is 10.3 Å². The highest BCUT2D eigenvalue weighted by Crippen LogP contribution is 2.38. The summed E-state index contributed by atoms with van der Waals surface area (Å²) in [6, 6.07) is 9.55. The van der Waals surface area contributed by atoms with Crippen molar-refractivity contribution in [3.8, 4) is 11.5 Å². The molecule has 3 heterocycles. The lowest BCUT2D eigenvalue weighted by atomic mass is 10.0.